The average Bonchev–Trinajstić information content (AvgIpc) is 2.68. The lowest BCUT2D eigenvalue weighted by molar-refractivity contribution is 0.0950. The van der Waals surface area contributed by atoms with Gasteiger partial charge in [0.15, 0.2) is 0 Å². The fourth-order valence-electron chi connectivity index (χ4n) is 2.42. The van der Waals surface area contributed by atoms with Crippen molar-refractivity contribution in [3.8, 4) is 5.75 Å². The standard InChI is InChI=1S/C20H18FN3O2/c1-26-19-5-3-2-4-18(19)24-17-10-15(12-22-13-17)20(25)23-11-14-6-8-16(21)9-7-14/h2-10,12-13,24H,11H2,1H3,(H,23,25). The quantitative estimate of drug-likeness (QED) is 0.707. The van der Waals surface area contributed by atoms with Crippen LogP contribution in [0.3, 0.4) is 0 Å². The second-order valence-electron chi connectivity index (χ2n) is 5.60. The van der Waals surface area contributed by atoms with E-state index in [0.29, 0.717) is 23.5 Å². The number of amides is 1. The van der Waals surface area contributed by atoms with E-state index >= 15 is 0 Å². The van der Waals surface area contributed by atoms with E-state index in [2.05, 4.69) is 15.6 Å². The van der Waals surface area contributed by atoms with Crippen LogP contribution < -0.4 is 15.4 Å². The van der Waals surface area contributed by atoms with E-state index in [1.165, 1.54) is 18.3 Å². The first kappa shape index (κ1) is 17.4. The molecule has 5 nitrogen and oxygen atoms in total. The zero-order valence-corrected chi connectivity index (χ0v) is 14.2. The molecule has 0 saturated heterocycles. The van der Waals surface area contributed by atoms with Crippen LogP contribution in [0.15, 0.2) is 67.0 Å². The van der Waals surface area contributed by atoms with Gasteiger partial charge in [0, 0.05) is 12.7 Å². The molecule has 1 amide bonds. The molecule has 3 aromatic rings. The third kappa shape index (κ3) is 4.36. The first-order chi connectivity index (χ1) is 12.7. The minimum atomic E-state index is -0.306. The van der Waals surface area contributed by atoms with Crippen LogP contribution in [0.5, 0.6) is 5.75 Å². The number of hydrogen-bond acceptors (Lipinski definition) is 4. The lowest BCUT2D eigenvalue weighted by Gasteiger charge is -2.11. The molecule has 0 unspecified atom stereocenters. The molecule has 0 fully saturated rings. The number of para-hydroxylation sites is 2. The van der Waals surface area contributed by atoms with Crippen LogP contribution in [0.4, 0.5) is 15.8 Å². The number of benzene rings is 2. The van der Waals surface area contributed by atoms with Gasteiger partial charge < -0.3 is 15.4 Å². The van der Waals surface area contributed by atoms with Gasteiger partial charge in [-0.05, 0) is 35.9 Å². The molecule has 0 saturated carbocycles. The van der Waals surface area contributed by atoms with Gasteiger partial charge in [-0.15, -0.1) is 0 Å². The van der Waals surface area contributed by atoms with E-state index in [9.17, 15) is 9.18 Å². The summed E-state index contributed by atoms with van der Waals surface area (Å²) in [5.74, 6) is 0.128. The van der Waals surface area contributed by atoms with Gasteiger partial charge in [-0.25, -0.2) is 4.39 Å². The Morgan fingerprint density at radius 2 is 1.88 bits per heavy atom. The molecular formula is C20H18FN3O2. The lowest BCUT2D eigenvalue weighted by Crippen LogP contribution is -2.23. The normalized spacial score (nSPS) is 10.2. The van der Waals surface area contributed by atoms with Gasteiger partial charge in [0.25, 0.3) is 5.91 Å². The van der Waals surface area contributed by atoms with Crippen LogP contribution in [0, 0.1) is 5.82 Å². The molecular weight excluding hydrogens is 333 g/mol. The molecule has 0 aliphatic heterocycles. The van der Waals surface area contributed by atoms with Crippen molar-refractivity contribution in [2.24, 2.45) is 0 Å². The molecule has 132 valence electrons. The largest absolute Gasteiger partial charge is 0.495 e. The number of nitrogens with zero attached hydrogens (tertiary/aromatic N) is 1. The number of hydrogen-bond donors (Lipinski definition) is 2. The van der Waals surface area contributed by atoms with Crippen molar-refractivity contribution < 1.29 is 13.9 Å². The highest BCUT2D eigenvalue weighted by molar-refractivity contribution is 5.94. The van der Waals surface area contributed by atoms with Crippen LogP contribution in [0.2, 0.25) is 0 Å². The fraction of sp³-hybridized carbons (Fsp3) is 0.100. The van der Waals surface area contributed by atoms with Gasteiger partial charge in [-0.2, -0.15) is 0 Å². The summed E-state index contributed by atoms with van der Waals surface area (Å²) in [5, 5.41) is 5.98. The van der Waals surface area contributed by atoms with Gasteiger partial charge in [0.2, 0.25) is 0 Å². The fourth-order valence-corrected chi connectivity index (χ4v) is 2.42. The number of ether oxygens (including phenoxy) is 1. The predicted octanol–water partition coefficient (Wildman–Crippen LogP) is 3.90. The number of aromatic nitrogens is 1. The first-order valence-electron chi connectivity index (χ1n) is 8.03. The maximum atomic E-state index is 12.9. The highest BCUT2D eigenvalue weighted by Gasteiger charge is 2.08. The van der Waals surface area contributed by atoms with Crippen molar-refractivity contribution in [3.05, 3.63) is 83.9 Å². The third-order valence-electron chi connectivity index (χ3n) is 3.75. The zero-order chi connectivity index (χ0) is 18.4. The summed E-state index contributed by atoms with van der Waals surface area (Å²) in [6, 6.07) is 15.2. The number of rotatable bonds is 6. The van der Waals surface area contributed by atoms with E-state index in [1.54, 1.807) is 31.5 Å². The Balaban J connectivity index is 1.68. The second-order valence-corrected chi connectivity index (χ2v) is 5.60. The Kier molecular flexibility index (Phi) is 5.43. The van der Waals surface area contributed by atoms with Gasteiger partial charge >= 0.3 is 0 Å². The smallest absolute Gasteiger partial charge is 0.253 e. The molecule has 1 aromatic heterocycles. The van der Waals surface area contributed by atoms with Crippen molar-refractivity contribution in [1.29, 1.82) is 0 Å². The Hall–Kier alpha value is -3.41. The van der Waals surface area contributed by atoms with Gasteiger partial charge in [-0.1, -0.05) is 24.3 Å². The minimum absolute atomic E-state index is 0.259. The summed E-state index contributed by atoms with van der Waals surface area (Å²) in [6.45, 7) is 0.309. The van der Waals surface area contributed by atoms with Crippen molar-refractivity contribution >= 4 is 17.3 Å². The number of anilines is 2. The molecule has 3 rings (SSSR count). The Bertz CT molecular complexity index is 898. The number of pyridine rings is 1. The summed E-state index contributed by atoms with van der Waals surface area (Å²) in [7, 11) is 1.60. The molecule has 26 heavy (non-hydrogen) atoms. The number of methoxy groups -OCH3 is 1. The number of carbonyl (C=O) groups excluding carboxylic acids is 1. The average molecular weight is 351 g/mol. The molecule has 0 aliphatic carbocycles. The lowest BCUT2D eigenvalue weighted by atomic mass is 10.2. The van der Waals surface area contributed by atoms with Crippen molar-refractivity contribution in [1.82, 2.24) is 10.3 Å². The highest BCUT2D eigenvalue weighted by atomic mass is 19.1. The molecule has 0 atom stereocenters. The summed E-state index contributed by atoms with van der Waals surface area (Å²) >= 11 is 0. The minimum Gasteiger partial charge on any atom is -0.495 e. The number of nitrogens with one attached hydrogen (secondary N) is 2. The Labute approximate surface area is 150 Å². The molecule has 2 N–H and O–H groups in total. The molecule has 6 heteroatoms. The monoisotopic (exact) mass is 351 g/mol. The van der Waals surface area contributed by atoms with E-state index in [4.69, 9.17) is 4.74 Å². The van der Waals surface area contributed by atoms with Crippen LogP contribution in [0.25, 0.3) is 0 Å². The summed E-state index contributed by atoms with van der Waals surface area (Å²) < 4.78 is 18.2. The molecule has 0 spiro atoms. The maximum absolute atomic E-state index is 12.9. The maximum Gasteiger partial charge on any atom is 0.253 e. The Morgan fingerprint density at radius 3 is 2.65 bits per heavy atom. The first-order valence-corrected chi connectivity index (χ1v) is 8.03. The number of carbonyl (C=O) groups is 1. The van der Waals surface area contributed by atoms with Crippen LogP contribution in [0.1, 0.15) is 15.9 Å². The van der Waals surface area contributed by atoms with Crippen LogP contribution >= 0.6 is 0 Å². The summed E-state index contributed by atoms with van der Waals surface area (Å²) in [4.78, 5) is 16.4. The van der Waals surface area contributed by atoms with E-state index < -0.39 is 0 Å². The van der Waals surface area contributed by atoms with Gasteiger partial charge in [0.05, 0.1) is 30.2 Å². The van der Waals surface area contributed by atoms with E-state index in [1.807, 2.05) is 24.3 Å². The molecule has 0 bridgehead atoms. The Morgan fingerprint density at radius 1 is 1.12 bits per heavy atom. The van der Waals surface area contributed by atoms with E-state index in [-0.39, 0.29) is 11.7 Å². The summed E-state index contributed by atoms with van der Waals surface area (Å²) in [5.41, 5.74) is 2.69. The molecule has 0 aliphatic rings. The highest BCUT2D eigenvalue weighted by Crippen LogP contribution is 2.26. The van der Waals surface area contributed by atoms with Gasteiger partial charge in [-0.3, -0.25) is 9.78 Å². The van der Waals surface area contributed by atoms with Crippen molar-refractivity contribution in [3.63, 3.8) is 0 Å². The molecule has 1 heterocycles. The third-order valence-corrected chi connectivity index (χ3v) is 3.75. The predicted molar refractivity (Wildman–Crippen MR) is 98.1 cm³/mol. The van der Waals surface area contributed by atoms with Crippen molar-refractivity contribution in [2.45, 2.75) is 6.54 Å². The second kappa shape index (κ2) is 8.11. The number of halogens is 1. The van der Waals surface area contributed by atoms with Crippen LogP contribution in [-0.2, 0) is 6.54 Å². The topological polar surface area (TPSA) is 63.2 Å². The van der Waals surface area contributed by atoms with E-state index in [0.717, 1.165) is 11.3 Å². The molecule has 2 aromatic carbocycles. The SMILES string of the molecule is COc1ccccc1Nc1cncc(C(=O)NCc2ccc(F)cc2)c1. The molecule has 0 radical (unpaired) electrons. The van der Waals surface area contributed by atoms with Gasteiger partial charge in [0.1, 0.15) is 11.6 Å². The zero-order valence-electron chi connectivity index (χ0n) is 14.2. The summed E-state index contributed by atoms with van der Waals surface area (Å²) in [6.07, 6.45) is 3.12. The van der Waals surface area contributed by atoms with Crippen molar-refractivity contribution in [2.75, 3.05) is 12.4 Å². The van der Waals surface area contributed by atoms with Crippen LogP contribution in [-0.4, -0.2) is 18.0 Å².